The lowest BCUT2D eigenvalue weighted by Gasteiger charge is -2.17. The van der Waals surface area contributed by atoms with E-state index in [-0.39, 0.29) is 5.41 Å². The molecule has 0 atom stereocenters. The summed E-state index contributed by atoms with van der Waals surface area (Å²) in [5.74, 6) is 0.718. The maximum atomic E-state index is 4.45. The summed E-state index contributed by atoms with van der Waals surface area (Å²) in [6.45, 7) is 6.44. The smallest absolute Gasteiger partial charge is 0.182 e. The Hall–Kier alpha value is -1.71. The molecular formula is C12H16N4. The van der Waals surface area contributed by atoms with Crippen LogP contribution in [0.1, 0.15) is 26.5 Å². The number of nitrogens with zero attached hydrogens (tertiary/aromatic N) is 4. The second kappa shape index (κ2) is 3.70. The van der Waals surface area contributed by atoms with Gasteiger partial charge in [-0.05, 0) is 12.1 Å². The number of hydrogen-bond donors (Lipinski definition) is 0. The first-order chi connectivity index (χ1) is 7.47. The second-order valence-corrected chi connectivity index (χ2v) is 4.92. The van der Waals surface area contributed by atoms with E-state index in [2.05, 4.69) is 35.8 Å². The standard InChI is InChI=1S/C12H16N4/c1-12(2,3)10-6-5-9(7-13-10)11-14-8-16(4)15-11/h5-8H,1-4H3. The highest BCUT2D eigenvalue weighted by Gasteiger charge is 2.15. The molecule has 2 aromatic heterocycles. The molecule has 0 N–H and O–H groups in total. The van der Waals surface area contributed by atoms with E-state index in [1.807, 2.05) is 25.4 Å². The van der Waals surface area contributed by atoms with Gasteiger partial charge in [-0.3, -0.25) is 9.67 Å². The first-order valence-electron chi connectivity index (χ1n) is 5.29. The van der Waals surface area contributed by atoms with E-state index >= 15 is 0 Å². The second-order valence-electron chi connectivity index (χ2n) is 4.92. The highest BCUT2D eigenvalue weighted by atomic mass is 15.3. The summed E-state index contributed by atoms with van der Waals surface area (Å²) >= 11 is 0. The van der Waals surface area contributed by atoms with Crippen LogP contribution in [0.25, 0.3) is 11.4 Å². The Kier molecular flexibility index (Phi) is 2.50. The summed E-state index contributed by atoms with van der Waals surface area (Å²) in [5, 5.41) is 4.24. The highest BCUT2D eigenvalue weighted by Crippen LogP contribution is 2.21. The molecule has 4 nitrogen and oxygen atoms in total. The van der Waals surface area contributed by atoms with E-state index in [0.29, 0.717) is 0 Å². The van der Waals surface area contributed by atoms with Crippen molar-refractivity contribution in [1.29, 1.82) is 0 Å². The van der Waals surface area contributed by atoms with Gasteiger partial charge in [0.25, 0.3) is 0 Å². The molecule has 2 aromatic rings. The quantitative estimate of drug-likeness (QED) is 0.733. The average molecular weight is 216 g/mol. The van der Waals surface area contributed by atoms with E-state index in [0.717, 1.165) is 17.1 Å². The van der Waals surface area contributed by atoms with Gasteiger partial charge >= 0.3 is 0 Å². The van der Waals surface area contributed by atoms with Crippen molar-refractivity contribution in [2.75, 3.05) is 0 Å². The molecule has 16 heavy (non-hydrogen) atoms. The van der Waals surface area contributed by atoms with Gasteiger partial charge in [-0.25, -0.2) is 4.98 Å². The summed E-state index contributed by atoms with van der Waals surface area (Å²) in [4.78, 5) is 8.64. The molecule has 4 heteroatoms. The van der Waals surface area contributed by atoms with E-state index in [1.165, 1.54) is 0 Å². The van der Waals surface area contributed by atoms with Crippen LogP contribution in [0.5, 0.6) is 0 Å². The molecule has 0 aromatic carbocycles. The summed E-state index contributed by atoms with van der Waals surface area (Å²) in [7, 11) is 1.85. The normalized spacial score (nSPS) is 11.8. The molecule has 0 unspecified atom stereocenters. The number of rotatable bonds is 1. The molecule has 0 aliphatic heterocycles. The molecule has 0 bridgehead atoms. The van der Waals surface area contributed by atoms with Crippen LogP contribution in [0, 0.1) is 0 Å². The van der Waals surface area contributed by atoms with Gasteiger partial charge in [0.05, 0.1) is 0 Å². The largest absolute Gasteiger partial charge is 0.260 e. The lowest BCUT2D eigenvalue weighted by molar-refractivity contribution is 0.569. The lowest BCUT2D eigenvalue weighted by atomic mass is 9.91. The van der Waals surface area contributed by atoms with Gasteiger partial charge in [0.2, 0.25) is 0 Å². The third kappa shape index (κ3) is 2.10. The van der Waals surface area contributed by atoms with Gasteiger partial charge < -0.3 is 0 Å². The Labute approximate surface area is 95.4 Å². The fourth-order valence-electron chi connectivity index (χ4n) is 1.44. The van der Waals surface area contributed by atoms with Gasteiger partial charge in [0.1, 0.15) is 6.33 Å². The maximum absolute atomic E-state index is 4.45. The maximum Gasteiger partial charge on any atom is 0.182 e. The predicted octanol–water partition coefficient (Wildman–Crippen LogP) is 2.17. The van der Waals surface area contributed by atoms with Gasteiger partial charge in [0.15, 0.2) is 5.82 Å². The number of aromatic nitrogens is 4. The lowest BCUT2D eigenvalue weighted by Crippen LogP contribution is -2.12. The van der Waals surface area contributed by atoms with Crippen LogP contribution in [0.3, 0.4) is 0 Å². The van der Waals surface area contributed by atoms with Gasteiger partial charge in [-0.15, -0.1) is 0 Å². The van der Waals surface area contributed by atoms with E-state index in [1.54, 1.807) is 11.0 Å². The minimum atomic E-state index is 0.0794. The topological polar surface area (TPSA) is 43.6 Å². The van der Waals surface area contributed by atoms with Crippen molar-refractivity contribution in [3.63, 3.8) is 0 Å². The van der Waals surface area contributed by atoms with Crippen LogP contribution in [0.2, 0.25) is 0 Å². The number of hydrogen-bond acceptors (Lipinski definition) is 3. The molecule has 0 fully saturated rings. The summed E-state index contributed by atoms with van der Waals surface area (Å²) in [6, 6.07) is 4.05. The third-order valence-electron chi connectivity index (χ3n) is 2.39. The minimum Gasteiger partial charge on any atom is -0.260 e. The van der Waals surface area contributed by atoms with Crippen molar-refractivity contribution in [3.05, 3.63) is 30.4 Å². The van der Waals surface area contributed by atoms with Crippen molar-refractivity contribution < 1.29 is 0 Å². The van der Waals surface area contributed by atoms with E-state index in [9.17, 15) is 0 Å². The van der Waals surface area contributed by atoms with Crippen molar-refractivity contribution in [3.8, 4) is 11.4 Å². The zero-order chi connectivity index (χ0) is 11.8. The average Bonchev–Trinajstić information content (AvgIpc) is 2.64. The van der Waals surface area contributed by atoms with Crippen LogP contribution >= 0.6 is 0 Å². The fourth-order valence-corrected chi connectivity index (χ4v) is 1.44. The molecule has 0 saturated carbocycles. The Morgan fingerprint density at radius 1 is 1.12 bits per heavy atom. The Morgan fingerprint density at radius 3 is 2.31 bits per heavy atom. The Bertz CT molecular complexity index is 476. The molecule has 0 spiro atoms. The van der Waals surface area contributed by atoms with Gasteiger partial charge in [0, 0.05) is 29.9 Å². The van der Waals surface area contributed by atoms with Crippen LogP contribution < -0.4 is 0 Å². The molecule has 84 valence electrons. The van der Waals surface area contributed by atoms with Gasteiger partial charge in [-0.1, -0.05) is 20.8 Å². The Morgan fingerprint density at radius 2 is 1.88 bits per heavy atom. The van der Waals surface area contributed by atoms with Crippen molar-refractivity contribution in [2.24, 2.45) is 7.05 Å². The molecule has 0 aliphatic carbocycles. The van der Waals surface area contributed by atoms with Crippen molar-refractivity contribution in [1.82, 2.24) is 19.7 Å². The summed E-state index contributed by atoms with van der Waals surface area (Å²) in [5.41, 5.74) is 2.11. The number of aryl methyl sites for hydroxylation is 1. The van der Waals surface area contributed by atoms with E-state index < -0.39 is 0 Å². The zero-order valence-electron chi connectivity index (χ0n) is 10.1. The predicted molar refractivity (Wildman–Crippen MR) is 62.9 cm³/mol. The monoisotopic (exact) mass is 216 g/mol. The van der Waals surface area contributed by atoms with Crippen LogP contribution in [-0.2, 0) is 12.5 Å². The zero-order valence-corrected chi connectivity index (χ0v) is 10.1. The van der Waals surface area contributed by atoms with Crippen molar-refractivity contribution in [2.45, 2.75) is 26.2 Å². The van der Waals surface area contributed by atoms with Crippen LogP contribution in [0.4, 0.5) is 0 Å². The molecule has 0 radical (unpaired) electrons. The SMILES string of the molecule is Cn1cnc(-c2ccc(C(C)(C)C)nc2)n1. The molecule has 0 saturated heterocycles. The number of pyridine rings is 1. The first kappa shape index (κ1) is 10.8. The van der Waals surface area contributed by atoms with Crippen LogP contribution in [0.15, 0.2) is 24.7 Å². The molecule has 2 heterocycles. The highest BCUT2D eigenvalue weighted by molar-refractivity contribution is 5.52. The molecule has 2 rings (SSSR count). The fraction of sp³-hybridized carbons (Fsp3) is 0.417. The van der Waals surface area contributed by atoms with Gasteiger partial charge in [-0.2, -0.15) is 5.10 Å². The van der Waals surface area contributed by atoms with E-state index in [4.69, 9.17) is 0 Å². The molecule has 0 aliphatic rings. The third-order valence-corrected chi connectivity index (χ3v) is 2.39. The molecule has 0 amide bonds. The minimum absolute atomic E-state index is 0.0794. The van der Waals surface area contributed by atoms with Crippen LogP contribution in [-0.4, -0.2) is 19.7 Å². The van der Waals surface area contributed by atoms with Crippen molar-refractivity contribution >= 4 is 0 Å². The first-order valence-corrected chi connectivity index (χ1v) is 5.29. The summed E-state index contributed by atoms with van der Waals surface area (Å²) < 4.78 is 1.69. The molecular weight excluding hydrogens is 200 g/mol. The Balaban J connectivity index is 2.33. The summed E-state index contributed by atoms with van der Waals surface area (Å²) in [6.07, 6.45) is 3.52.